The Bertz CT molecular complexity index is 916. The predicted octanol–water partition coefficient (Wildman–Crippen LogP) is 1.65. The molecule has 1 unspecified atom stereocenters. The average molecular weight is 457 g/mol. The largest absolute Gasteiger partial charge is 0.490 e. The fraction of sp³-hybridized carbons (Fsp3) is 0.526. The van der Waals surface area contributed by atoms with Crippen molar-refractivity contribution in [1.82, 2.24) is 24.9 Å². The first-order valence-electron chi connectivity index (χ1n) is 9.87. The summed E-state index contributed by atoms with van der Waals surface area (Å²) in [6.07, 6.45) is -1.72. The van der Waals surface area contributed by atoms with Crippen LogP contribution in [0.15, 0.2) is 24.4 Å². The first kappa shape index (κ1) is 23.4. The number of aryl methyl sites for hydroxylation is 1. The molecule has 2 aromatic rings. The lowest BCUT2D eigenvalue weighted by atomic mass is 10.1. The Hall–Kier alpha value is -3.22. The van der Waals surface area contributed by atoms with Crippen molar-refractivity contribution < 1.29 is 37.3 Å². The molecule has 1 saturated heterocycles. The van der Waals surface area contributed by atoms with Gasteiger partial charge in [0.2, 0.25) is 11.8 Å². The third-order valence-corrected chi connectivity index (χ3v) is 4.88. The van der Waals surface area contributed by atoms with Crippen LogP contribution >= 0.6 is 0 Å². The number of carboxylic acids is 1. The van der Waals surface area contributed by atoms with Crippen LogP contribution in [0, 0.1) is 5.92 Å². The monoisotopic (exact) mass is 457 g/mol. The lowest BCUT2D eigenvalue weighted by Gasteiger charge is -2.23. The maximum atomic E-state index is 12.7. The quantitative estimate of drug-likeness (QED) is 0.736. The summed E-state index contributed by atoms with van der Waals surface area (Å²) in [6.45, 7) is 3.51. The molecule has 0 bridgehead atoms. The number of alkyl halides is 3. The molecule has 4 rings (SSSR count). The third kappa shape index (κ3) is 6.15. The Morgan fingerprint density at radius 3 is 2.69 bits per heavy atom. The van der Waals surface area contributed by atoms with Crippen LogP contribution in [0.2, 0.25) is 0 Å². The molecular weight excluding hydrogens is 435 g/mol. The van der Waals surface area contributed by atoms with Crippen molar-refractivity contribution in [1.29, 1.82) is 0 Å². The van der Waals surface area contributed by atoms with Gasteiger partial charge in [0, 0.05) is 32.0 Å². The highest BCUT2D eigenvalue weighted by atomic mass is 19.4. The van der Waals surface area contributed by atoms with Crippen molar-refractivity contribution in [3.05, 3.63) is 35.8 Å². The highest BCUT2D eigenvalue weighted by Crippen LogP contribution is 2.21. The molecule has 1 N–H and O–H groups in total. The molecule has 0 aromatic carbocycles. The number of fused-ring (bicyclic) bond motifs is 1. The topological polar surface area (TPSA) is 120 Å². The molecule has 1 atom stereocenters. The first-order chi connectivity index (χ1) is 15.3. The zero-order chi connectivity index (χ0) is 23.1. The van der Waals surface area contributed by atoms with E-state index in [4.69, 9.17) is 19.4 Å². The molecule has 13 heteroatoms. The molecule has 4 heterocycles. The smallest absolute Gasteiger partial charge is 0.475 e. The van der Waals surface area contributed by atoms with Gasteiger partial charge in [0.1, 0.15) is 12.3 Å². The van der Waals surface area contributed by atoms with Gasteiger partial charge in [-0.2, -0.15) is 13.2 Å². The minimum atomic E-state index is -5.08. The lowest BCUT2D eigenvalue weighted by Crippen LogP contribution is -2.36. The van der Waals surface area contributed by atoms with Crippen LogP contribution in [0.3, 0.4) is 0 Å². The van der Waals surface area contributed by atoms with Crippen molar-refractivity contribution in [2.75, 3.05) is 19.8 Å². The van der Waals surface area contributed by atoms with Crippen molar-refractivity contribution in [2.24, 2.45) is 5.92 Å². The Kier molecular flexibility index (Phi) is 7.62. The minimum Gasteiger partial charge on any atom is -0.475 e. The Labute approximate surface area is 180 Å². The van der Waals surface area contributed by atoms with E-state index in [1.54, 1.807) is 12.3 Å². The number of aliphatic carboxylic acids is 1. The number of carbonyl (C=O) groups is 2. The summed E-state index contributed by atoms with van der Waals surface area (Å²) in [7, 11) is 0. The van der Waals surface area contributed by atoms with Gasteiger partial charge in [-0.1, -0.05) is 11.3 Å². The zero-order valence-electron chi connectivity index (χ0n) is 17.0. The summed E-state index contributed by atoms with van der Waals surface area (Å²) >= 11 is 0. The average Bonchev–Trinajstić information content (AvgIpc) is 3.38. The number of hydrogen-bond donors (Lipinski definition) is 1. The molecule has 0 spiro atoms. The first-order valence-corrected chi connectivity index (χ1v) is 9.87. The van der Waals surface area contributed by atoms with Crippen LogP contribution in [0.1, 0.15) is 24.2 Å². The molecule has 2 aromatic heterocycles. The van der Waals surface area contributed by atoms with Crippen LogP contribution in [0.4, 0.5) is 13.2 Å². The second-order valence-corrected chi connectivity index (χ2v) is 7.14. The van der Waals surface area contributed by atoms with E-state index in [0.717, 1.165) is 37.3 Å². The van der Waals surface area contributed by atoms with Gasteiger partial charge in [-0.3, -0.25) is 4.79 Å². The number of aromatic nitrogens is 4. The molecular formula is C19H22F3N5O5. The van der Waals surface area contributed by atoms with E-state index in [-0.39, 0.29) is 11.8 Å². The lowest BCUT2D eigenvalue weighted by molar-refractivity contribution is -0.192. The van der Waals surface area contributed by atoms with Gasteiger partial charge in [0.25, 0.3) is 0 Å². The Morgan fingerprint density at radius 2 is 2.06 bits per heavy atom. The third-order valence-electron chi connectivity index (χ3n) is 4.88. The molecule has 0 radical (unpaired) electrons. The van der Waals surface area contributed by atoms with E-state index < -0.39 is 12.1 Å². The summed E-state index contributed by atoms with van der Waals surface area (Å²) in [5.41, 5.74) is 1.70. The van der Waals surface area contributed by atoms with Crippen LogP contribution in [0.25, 0.3) is 0 Å². The van der Waals surface area contributed by atoms with Gasteiger partial charge in [-0.15, -0.1) is 5.10 Å². The van der Waals surface area contributed by atoms with Gasteiger partial charge >= 0.3 is 12.1 Å². The molecule has 174 valence electrons. The number of carbonyl (C=O) groups excluding carboxylic acids is 1. The summed E-state index contributed by atoms with van der Waals surface area (Å²) in [5.74, 6) is -2.05. The molecule has 0 saturated carbocycles. The molecule has 2 aliphatic heterocycles. The van der Waals surface area contributed by atoms with Crippen molar-refractivity contribution in [3.63, 3.8) is 0 Å². The summed E-state index contributed by atoms with van der Waals surface area (Å²) in [6, 6.07) is 5.52. The maximum Gasteiger partial charge on any atom is 0.490 e. The van der Waals surface area contributed by atoms with Crippen molar-refractivity contribution in [3.8, 4) is 5.88 Å². The van der Waals surface area contributed by atoms with Crippen molar-refractivity contribution in [2.45, 2.75) is 38.7 Å². The predicted molar refractivity (Wildman–Crippen MR) is 101 cm³/mol. The number of ether oxygens (including phenoxy) is 2. The summed E-state index contributed by atoms with van der Waals surface area (Å²) in [5, 5.41) is 15.6. The standard InChI is InChI=1S/C17H21N5O3.C2HF3O2/c23-17(13-5-9-24-11-13)21-7-3-8-22-15(10-21)14(19-20-22)12-25-16-4-1-2-6-18-16;3-2(4,5)1(6)7/h1-2,4,6,13H,3,5,7-12H2;(H,6,7). The maximum absolute atomic E-state index is 12.7. The van der Waals surface area contributed by atoms with Crippen LogP contribution in [0.5, 0.6) is 5.88 Å². The van der Waals surface area contributed by atoms with Crippen LogP contribution in [-0.4, -0.2) is 67.8 Å². The second kappa shape index (κ2) is 10.4. The van der Waals surface area contributed by atoms with E-state index in [9.17, 15) is 18.0 Å². The highest BCUT2D eigenvalue weighted by molar-refractivity contribution is 5.79. The van der Waals surface area contributed by atoms with Gasteiger partial charge in [-0.05, 0) is 18.9 Å². The SMILES string of the molecule is O=C(C1CCOC1)N1CCCn2nnc(COc3ccccn3)c2C1.O=C(O)C(F)(F)F. The van der Waals surface area contributed by atoms with E-state index in [0.29, 0.717) is 32.2 Å². The summed E-state index contributed by atoms with van der Waals surface area (Å²) < 4.78 is 44.7. The number of nitrogens with zero attached hydrogens (tertiary/aromatic N) is 5. The molecule has 10 nitrogen and oxygen atoms in total. The van der Waals surface area contributed by atoms with Gasteiger partial charge < -0.3 is 19.5 Å². The normalized spacial score (nSPS) is 18.2. The second-order valence-electron chi connectivity index (χ2n) is 7.14. The number of rotatable bonds is 4. The fourth-order valence-electron chi connectivity index (χ4n) is 3.25. The molecule has 0 aliphatic carbocycles. The van der Waals surface area contributed by atoms with E-state index in [1.807, 2.05) is 21.7 Å². The Balaban J connectivity index is 0.000000360. The van der Waals surface area contributed by atoms with Gasteiger partial charge in [0.15, 0.2) is 0 Å². The van der Waals surface area contributed by atoms with Crippen molar-refractivity contribution >= 4 is 11.9 Å². The van der Waals surface area contributed by atoms with Crippen LogP contribution in [-0.2, 0) is 34.0 Å². The van der Waals surface area contributed by atoms with E-state index in [2.05, 4.69) is 15.3 Å². The minimum absolute atomic E-state index is 0.0179. The van der Waals surface area contributed by atoms with E-state index >= 15 is 0 Å². The highest BCUT2D eigenvalue weighted by Gasteiger charge is 2.38. The number of hydrogen-bond acceptors (Lipinski definition) is 7. The van der Waals surface area contributed by atoms with E-state index in [1.165, 1.54) is 0 Å². The zero-order valence-corrected chi connectivity index (χ0v) is 17.0. The number of halogens is 3. The van der Waals surface area contributed by atoms with Crippen LogP contribution < -0.4 is 4.74 Å². The van der Waals surface area contributed by atoms with Gasteiger partial charge in [0.05, 0.1) is 24.8 Å². The number of pyridine rings is 1. The molecule has 32 heavy (non-hydrogen) atoms. The summed E-state index contributed by atoms with van der Waals surface area (Å²) in [4.78, 5) is 27.7. The molecule has 1 fully saturated rings. The molecule has 1 amide bonds. The van der Waals surface area contributed by atoms with Gasteiger partial charge in [-0.25, -0.2) is 14.5 Å². The Morgan fingerprint density at radius 1 is 1.28 bits per heavy atom. The number of amides is 1. The molecule has 2 aliphatic rings. The number of carboxylic acid groups (broad SMARTS) is 1. The fourth-order valence-corrected chi connectivity index (χ4v) is 3.25.